The number of aromatic nitrogens is 1. The van der Waals surface area contributed by atoms with E-state index < -0.39 is 0 Å². The highest BCUT2D eigenvalue weighted by atomic mass is 32.1. The van der Waals surface area contributed by atoms with Gasteiger partial charge in [0.15, 0.2) is 0 Å². The molecule has 0 spiro atoms. The minimum atomic E-state index is -0.215. The van der Waals surface area contributed by atoms with Gasteiger partial charge in [-0.25, -0.2) is 0 Å². The number of nitrogens with two attached hydrogens (primary N) is 1. The highest BCUT2D eigenvalue weighted by Crippen LogP contribution is 2.34. The first-order valence-electron chi connectivity index (χ1n) is 7.23. The van der Waals surface area contributed by atoms with Crippen molar-refractivity contribution in [3.8, 4) is 10.6 Å². The summed E-state index contributed by atoms with van der Waals surface area (Å²) in [7, 11) is 0. The Labute approximate surface area is 123 Å². The average molecular weight is 288 g/mol. The molecule has 0 saturated heterocycles. The Morgan fingerprint density at radius 1 is 1.30 bits per heavy atom. The van der Waals surface area contributed by atoms with E-state index in [1.807, 2.05) is 23.6 Å². The Balaban J connectivity index is 2.19. The molecule has 2 aromatic heterocycles. The third-order valence-electron chi connectivity index (χ3n) is 4.10. The molecule has 1 aliphatic carbocycles. The lowest BCUT2D eigenvalue weighted by atomic mass is 10.1. The highest BCUT2D eigenvalue weighted by Gasteiger charge is 2.23. The molecule has 3 rings (SSSR count). The van der Waals surface area contributed by atoms with Crippen molar-refractivity contribution < 1.29 is 0 Å². The largest absolute Gasteiger partial charge is 0.324 e. The van der Waals surface area contributed by atoms with Crippen LogP contribution in [0.5, 0.6) is 0 Å². The Kier molecular flexibility index (Phi) is 3.76. The molecule has 0 bridgehead atoms. The second-order valence-electron chi connectivity index (χ2n) is 5.55. The highest BCUT2D eigenvalue weighted by molar-refractivity contribution is 7.13. The van der Waals surface area contributed by atoms with Crippen molar-refractivity contribution >= 4 is 11.3 Å². The SMILES string of the molecule is CC(N)c1ccc(-c2cccs2)n(C2CCCC2)c1=O. The average Bonchev–Trinajstić information content (AvgIpc) is 3.11. The van der Waals surface area contributed by atoms with Gasteiger partial charge in [0.25, 0.3) is 5.56 Å². The fourth-order valence-corrected chi connectivity index (χ4v) is 3.81. The van der Waals surface area contributed by atoms with Gasteiger partial charge in [0.1, 0.15) is 0 Å². The first-order chi connectivity index (χ1) is 9.68. The number of hydrogen-bond donors (Lipinski definition) is 1. The summed E-state index contributed by atoms with van der Waals surface area (Å²) < 4.78 is 2.00. The normalized spacial score (nSPS) is 17.5. The van der Waals surface area contributed by atoms with Crippen LogP contribution in [0, 0.1) is 0 Å². The van der Waals surface area contributed by atoms with Crippen molar-refractivity contribution in [1.82, 2.24) is 4.57 Å². The van der Waals surface area contributed by atoms with Crippen molar-refractivity contribution in [1.29, 1.82) is 0 Å². The summed E-state index contributed by atoms with van der Waals surface area (Å²) in [5.74, 6) is 0. The van der Waals surface area contributed by atoms with Gasteiger partial charge in [-0.15, -0.1) is 11.3 Å². The van der Waals surface area contributed by atoms with Gasteiger partial charge in [-0.2, -0.15) is 0 Å². The van der Waals surface area contributed by atoms with Gasteiger partial charge in [-0.3, -0.25) is 4.79 Å². The molecule has 2 aromatic rings. The van der Waals surface area contributed by atoms with Crippen molar-refractivity contribution in [2.75, 3.05) is 0 Å². The molecule has 4 heteroatoms. The van der Waals surface area contributed by atoms with Gasteiger partial charge < -0.3 is 10.3 Å². The van der Waals surface area contributed by atoms with Crippen LogP contribution in [0.4, 0.5) is 0 Å². The van der Waals surface area contributed by atoms with E-state index in [1.165, 1.54) is 12.8 Å². The number of pyridine rings is 1. The third kappa shape index (κ3) is 2.34. The third-order valence-corrected chi connectivity index (χ3v) is 4.99. The number of nitrogens with zero attached hydrogens (tertiary/aromatic N) is 1. The molecule has 3 nitrogen and oxygen atoms in total. The molecule has 2 N–H and O–H groups in total. The molecule has 0 amide bonds. The van der Waals surface area contributed by atoms with Gasteiger partial charge >= 0.3 is 0 Å². The summed E-state index contributed by atoms with van der Waals surface area (Å²) >= 11 is 1.68. The van der Waals surface area contributed by atoms with Crippen LogP contribution in [-0.2, 0) is 0 Å². The Morgan fingerprint density at radius 2 is 2.05 bits per heavy atom. The van der Waals surface area contributed by atoms with E-state index in [0.717, 1.165) is 29.0 Å². The van der Waals surface area contributed by atoms with Gasteiger partial charge in [-0.05, 0) is 43.3 Å². The number of rotatable bonds is 3. The molecule has 0 radical (unpaired) electrons. The number of thiophene rings is 1. The summed E-state index contributed by atoms with van der Waals surface area (Å²) in [6.07, 6.45) is 4.62. The summed E-state index contributed by atoms with van der Waals surface area (Å²) in [4.78, 5) is 14.0. The van der Waals surface area contributed by atoms with Crippen LogP contribution in [0.3, 0.4) is 0 Å². The summed E-state index contributed by atoms with van der Waals surface area (Å²) in [5.41, 5.74) is 7.80. The van der Waals surface area contributed by atoms with Crippen LogP contribution in [0.25, 0.3) is 10.6 Å². The lowest BCUT2D eigenvalue weighted by Crippen LogP contribution is -2.30. The van der Waals surface area contributed by atoms with E-state index in [-0.39, 0.29) is 11.6 Å². The molecule has 0 aliphatic heterocycles. The molecule has 20 heavy (non-hydrogen) atoms. The van der Waals surface area contributed by atoms with Gasteiger partial charge in [0.05, 0.1) is 10.6 Å². The van der Waals surface area contributed by atoms with Crippen LogP contribution in [0.2, 0.25) is 0 Å². The first-order valence-corrected chi connectivity index (χ1v) is 8.11. The Hall–Kier alpha value is -1.39. The van der Waals surface area contributed by atoms with E-state index in [4.69, 9.17) is 5.73 Å². The second kappa shape index (κ2) is 5.54. The molecule has 1 saturated carbocycles. The maximum absolute atomic E-state index is 12.8. The van der Waals surface area contributed by atoms with Gasteiger partial charge in [-0.1, -0.05) is 18.9 Å². The zero-order chi connectivity index (χ0) is 14.1. The van der Waals surface area contributed by atoms with E-state index in [2.05, 4.69) is 17.5 Å². The van der Waals surface area contributed by atoms with Gasteiger partial charge in [0, 0.05) is 17.6 Å². The van der Waals surface area contributed by atoms with E-state index in [0.29, 0.717) is 6.04 Å². The van der Waals surface area contributed by atoms with Crippen molar-refractivity contribution in [3.63, 3.8) is 0 Å². The predicted molar refractivity (Wildman–Crippen MR) is 84.1 cm³/mol. The first kappa shape index (κ1) is 13.6. The van der Waals surface area contributed by atoms with E-state index in [9.17, 15) is 4.79 Å². The molecular weight excluding hydrogens is 268 g/mol. The molecule has 1 atom stereocenters. The van der Waals surface area contributed by atoms with Crippen molar-refractivity contribution in [3.05, 3.63) is 45.6 Å². The van der Waals surface area contributed by atoms with E-state index in [1.54, 1.807) is 11.3 Å². The van der Waals surface area contributed by atoms with Crippen LogP contribution in [-0.4, -0.2) is 4.57 Å². The maximum atomic E-state index is 12.8. The lowest BCUT2D eigenvalue weighted by molar-refractivity contribution is 0.502. The number of hydrogen-bond acceptors (Lipinski definition) is 3. The molecular formula is C16H20N2OS. The fourth-order valence-electron chi connectivity index (χ4n) is 3.07. The summed E-state index contributed by atoms with van der Waals surface area (Å²) in [5, 5.41) is 2.05. The minimum absolute atomic E-state index is 0.0952. The standard InChI is InChI=1S/C16H20N2OS/c1-11(17)13-8-9-14(15-7-4-10-20-15)18(16(13)19)12-5-2-3-6-12/h4,7-12H,2-3,5-6,17H2,1H3. The van der Waals surface area contributed by atoms with Crippen LogP contribution in [0.1, 0.15) is 50.3 Å². The Bertz CT molecular complexity index is 637. The van der Waals surface area contributed by atoms with E-state index >= 15 is 0 Å². The zero-order valence-corrected chi connectivity index (χ0v) is 12.5. The summed E-state index contributed by atoms with van der Waals surface area (Å²) in [6, 6.07) is 8.18. The molecule has 2 heterocycles. The monoisotopic (exact) mass is 288 g/mol. The van der Waals surface area contributed by atoms with Crippen LogP contribution >= 0.6 is 11.3 Å². The molecule has 106 valence electrons. The fraction of sp³-hybridized carbons (Fsp3) is 0.438. The topological polar surface area (TPSA) is 48.0 Å². The smallest absolute Gasteiger partial charge is 0.256 e. The summed E-state index contributed by atoms with van der Waals surface area (Å²) in [6.45, 7) is 1.88. The van der Waals surface area contributed by atoms with Crippen LogP contribution < -0.4 is 11.3 Å². The maximum Gasteiger partial charge on any atom is 0.256 e. The molecule has 1 unspecified atom stereocenters. The zero-order valence-electron chi connectivity index (χ0n) is 11.7. The molecule has 0 aromatic carbocycles. The van der Waals surface area contributed by atoms with Crippen molar-refractivity contribution in [2.45, 2.75) is 44.7 Å². The van der Waals surface area contributed by atoms with Crippen LogP contribution in [0.15, 0.2) is 34.4 Å². The quantitative estimate of drug-likeness (QED) is 0.936. The Morgan fingerprint density at radius 3 is 2.65 bits per heavy atom. The molecule has 1 fully saturated rings. The second-order valence-corrected chi connectivity index (χ2v) is 6.50. The minimum Gasteiger partial charge on any atom is -0.324 e. The lowest BCUT2D eigenvalue weighted by Gasteiger charge is -2.20. The van der Waals surface area contributed by atoms with Gasteiger partial charge in [0.2, 0.25) is 0 Å². The predicted octanol–water partition coefficient (Wildman–Crippen LogP) is 3.71. The molecule has 1 aliphatic rings. The van der Waals surface area contributed by atoms with Crippen molar-refractivity contribution in [2.24, 2.45) is 5.73 Å².